The molecule has 0 spiro atoms. The molecule has 10 nitrogen and oxygen atoms in total. The molecular formula is C26H26O10. The predicted molar refractivity (Wildman–Crippen MR) is 127 cm³/mol. The van der Waals surface area contributed by atoms with Crippen LogP contribution in [0.4, 0.5) is 0 Å². The first-order valence-corrected chi connectivity index (χ1v) is 10.9. The fourth-order valence-electron chi connectivity index (χ4n) is 4.22. The van der Waals surface area contributed by atoms with Crippen LogP contribution in [0.3, 0.4) is 0 Å². The maximum Gasteiger partial charge on any atom is 0.337 e. The van der Waals surface area contributed by atoms with Gasteiger partial charge in [0.15, 0.2) is 40.2 Å². The number of aliphatic hydroxyl groups is 2. The van der Waals surface area contributed by atoms with E-state index in [1.807, 2.05) is 0 Å². The lowest BCUT2D eigenvalue weighted by Gasteiger charge is -2.40. The SMILES string of the molecule is COC(=O)[C@@]1(O)C[C@H](C(=O)/C=C/c2ccc(O)c(O)c2)[C@H](C(=O)/C=C/c2ccc(O)c(O)c2)[C@@H](O)C1. The summed E-state index contributed by atoms with van der Waals surface area (Å²) < 4.78 is 4.62. The Bertz CT molecular complexity index is 1230. The van der Waals surface area contributed by atoms with Gasteiger partial charge in [0.2, 0.25) is 0 Å². The third-order valence-corrected chi connectivity index (χ3v) is 6.09. The van der Waals surface area contributed by atoms with E-state index in [0.717, 1.165) is 19.3 Å². The highest BCUT2D eigenvalue weighted by Gasteiger charge is 2.53. The van der Waals surface area contributed by atoms with Crippen LogP contribution in [0.25, 0.3) is 12.2 Å². The molecule has 1 saturated carbocycles. The highest BCUT2D eigenvalue weighted by atomic mass is 16.5. The van der Waals surface area contributed by atoms with Gasteiger partial charge in [0.1, 0.15) is 0 Å². The summed E-state index contributed by atoms with van der Waals surface area (Å²) in [7, 11) is 1.05. The van der Waals surface area contributed by atoms with Crippen molar-refractivity contribution < 1.29 is 49.8 Å². The number of benzene rings is 2. The third-order valence-electron chi connectivity index (χ3n) is 6.09. The van der Waals surface area contributed by atoms with E-state index in [0.29, 0.717) is 11.1 Å². The smallest absolute Gasteiger partial charge is 0.337 e. The molecule has 36 heavy (non-hydrogen) atoms. The zero-order chi connectivity index (χ0) is 26.6. The second kappa shape index (κ2) is 10.6. The Morgan fingerprint density at radius 3 is 1.81 bits per heavy atom. The zero-order valence-electron chi connectivity index (χ0n) is 19.2. The van der Waals surface area contributed by atoms with Crippen LogP contribution >= 0.6 is 0 Å². The van der Waals surface area contributed by atoms with Crippen molar-refractivity contribution >= 4 is 29.7 Å². The molecule has 6 N–H and O–H groups in total. The van der Waals surface area contributed by atoms with Crippen LogP contribution in [0.1, 0.15) is 24.0 Å². The van der Waals surface area contributed by atoms with E-state index in [1.165, 1.54) is 48.6 Å². The van der Waals surface area contributed by atoms with Crippen molar-refractivity contribution in [3.63, 3.8) is 0 Å². The van der Waals surface area contributed by atoms with Crippen LogP contribution in [-0.2, 0) is 19.1 Å². The van der Waals surface area contributed by atoms with Crippen LogP contribution in [0.2, 0.25) is 0 Å². The fraction of sp³-hybridized carbons (Fsp3) is 0.269. The van der Waals surface area contributed by atoms with Crippen molar-refractivity contribution in [2.24, 2.45) is 11.8 Å². The average Bonchev–Trinajstić information content (AvgIpc) is 2.84. The van der Waals surface area contributed by atoms with E-state index in [9.17, 15) is 45.0 Å². The summed E-state index contributed by atoms with van der Waals surface area (Å²) in [5.41, 5.74) is -1.47. The van der Waals surface area contributed by atoms with Gasteiger partial charge in [0.05, 0.1) is 19.1 Å². The number of carbonyl (C=O) groups is 3. The van der Waals surface area contributed by atoms with Crippen molar-refractivity contribution in [3.05, 3.63) is 59.7 Å². The molecule has 1 aliphatic carbocycles. The van der Waals surface area contributed by atoms with Gasteiger partial charge >= 0.3 is 5.97 Å². The summed E-state index contributed by atoms with van der Waals surface area (Å²) in [5, 5.41) is 59.7. The van der Waals surface area contributed by atoms with Gasteiger partial charge in [-0.05, 0) is 54.0 Å². The molecule has 0 radical (unpaired) electrons. The van der Waals surface area contributed by atoms with Crippen LogP contribution in [0.15, 0.2) is 48.6 Å². The molecule has 2 aromatic carbocycles. The van der Waals surface area contributed by atoms with E-state index in [-0.39, 0.29) is 11.5 Å². The number of carbonyl (C=O) groups excluding carboxylic acids is 3. The molecule has 10 heteroatoms. The fourth-order valence-corrected chi connectivity index (χ4v) is 4.22. The highest BCUT2D eigenvalue weighted by molar-refractivity contribution is 6.03. The largest absolute Gasteiger partial charge is 0.504 e. The minimum Gasteiger partial charge on any atom is -0.504 e. The Morgan fingerprint density at radius 1 is 0.833 bits per heavy atom. The third kappa shape index (κ3) is 5.73. The van der Waals surface area contributed by atoms with Crippen molar-refractivity contribution in [2.45, 2.75) is 24.5 Å². The number of esters is 1. The van der Waals surface area contributed by atoms with Gasteiger partial charge in [-0.3, -0.25) is 9.59 Å². The predicted octanol–water partition coefficient (Wildman–Crippen LogP) is 1.66. The van der Waals surface area contributed by atoms with E-state index in [4.69, 9.17) is 0 Å². The lowest BCUT2D eigenvalue weighted by molar-refractivity contribution is -0.178. The molecule has 2 aromatic rings. The molecule has 1 fully saturated rings. The monoisotopic (exact) mass is 498 g/mol. The van der Waals surface area contributed by atoms with Gasteiger partial charge in [-0.1, -0.05) is 24.3 Å². The number of rotatable bonds is 7. The number of allylic oxidation sites excluding steroid dienone is 2. The maximum absolute atomic E-state index is 13.1. The Kier molecular flexibility index (Phi) is 7.81. The van der Waals surface area contributed by atoms with Crippen molar-refractivity contribution in [1.82, 2.24) is 0 Å². The van der Waals surface area contributed by atoms with Crippen LogP contribution < -0.4 is 0 Å². The molecule has 0 bridgehead atoms. The number of phenolic OH excluding ortho intramolecular Hbond substituents is 4. The quantitative estimate of drug-likeness (QED) is 0.187. The molecule has 0 unspecified atom stereocenters. The van der Waals surface area contributed by atoms with Crippen molar-refractivity contribution in [3.8, 4) is 23.0 Å². The number of aliphatic hydroxyl groups excluding tert-OH is 1. The Balaban J connectivity index is 1.91. The standard InChI is InChI=1S/C26H26O10/c1-36-25(34)26(35)12-16(17(27)6-2-14-3-7-18(28)21(31)10-14)24(23(33)13-26)20(30)9-5-15-4-8-19(29)22(32)11-15/h2-11,16,23-24,28-29,31-33,35H,12-13H2,1H3/b6-2+,9-5+/t16-,23+,24-,26-/m1/s1. The van der Waals surface area contributed by atoms with E-state index in [1.54, 1.807) is 0 Å². The van der Waals surface area contributed by atoms with Gasteiger partial charge in [-0.15, -0.1) is 0 Å². The second-order valence-corrected chi connectivity index (χ2v) is 8.60. The second-order valence-electron chi connectivity index (χ2n) is 8.60. The van der Waals surface area contributed by atoms with Gasteiger partial charge < -0.3 is 35.4 Å². The summed E-state index contributed by atoms with van der Waals surface area (Å²) in [5.74, 6) is -6.48. The van der Waals surface area contributed by atoms with Gasteiger partial charge in [0.25, 0.3) is 0 Å². The Morgan fingerprint density at radius 2 is 1.33 bits per heavy atom. The molecule has 0 amide bonds. The molecule has 0 heterocycles. The first-order valence-electron chi connectivity index (χ1n) is 10.9. The molecule has 4 atom stereocenters. The number of ether oxygens (including phenoxy) is 1. The van der Waals surface area contributed by atoms with Crippen LogP contribution in [0, 0.1) is 11.8 Å². The number of hydrogen-bond donors (Lipinski definition) is 6. The summed E-state index contributed by atoms with van der Waals surface area (Å²) in [6.07, 6.45) is 2.27. The van der Waals surface area contributed by atoms with Gasteiger partial charge in [-0.25, -0.2) is 4.79 Å². The van der Waals surface area contributed by atoms with Crippen molar-refractivity contribution in [1.29, 1.82) is 0 Å². The zero-order valence-corrected chi connectivity index (χ0v) is 19.2. The summed E-state index contributed by atoms with van der Waals surface area (Å²) in [4.78, 5) is 38.4. The molecule has 0 aliphatic heterocycles. The molecule has 190 valence electrons. The molecular weight excluding hydrogens is 472 g/mol. The Hall–Kier alpha value is -4.15. The van der Waals surface area contributed by atoms with Crippen LogP contribution in [0.5, 0.6) is 23.0 Å². The number of methoxy groups -OCH3 is 1. The number of phenols is 4. The normalized spacial score (nSPS) is 24.1. The lowest BCUT2D eigenvalue weighted by atomic mass is 9.66. The minimum absolute atomic E-state index is 0.345. The van der Waals surface area contributed by atoms with E-state index in [2.05, 4.69) is 4.74 Å². The summed E-state index contributed by atoms with van der Waals surface area (Å²) in [6.45, 7) is 0. The lowest BCUT2D eigenvalue weighted by Crippen LogP contribution is -2.55. The van der Waals surface area contributed by atoms with E-state index < -0.39 is 65.4 Å². The minimum atomic E-state index is -2.19. The number of hydrogen-bond acceptors (Lipinski definition) is 10. The molecule has 0 aromatic heterocycles. The highest BCUT2D eigenvalue weighted by Crippen LogP contribution is 2.39. The van der Waals surface area contributed by atoms with Crippen LogP contribution in [-0.4, -0.2) is 67.0 Å². The first-order chi connectivity index (χ1) is 16.9. The van der Waals surface area contributed by atoms with Gasteiger partial charge in [-0.2, -0.15) is 0 Å². The summed E-state index contributed by atoms with van der Waals surface area (Å²) >= 11 is 0. The van der Waals surface area contributed by atoms with E-state index >= 15 is 0 Å². The van der Waals surface area contributed by atoms with Gasteiger partial charge in [0, 0.05) is 12.3 Å². The average molecular weight is 498 g/mol. The summed E-state index contributed by atoms with van der Waals surface area (Å²) in [6, 6.07) is 7.73. The van der Waals surface area contributed by atoms with Crippen molar-refractivity contribution in [2.75, 3.05) is 7.11 Å². The Labute approximate surface area is 206 Å². The topological polar surface area (TPSA) is 182 Å². The molecule has 0 saturated heterocycles. The number of ketones is 2. The molecule has 1 aliphatic rings. The maximum atomic E-state index is 13.1. The first kappa shape index (κ1) is 26.5. The molecule has 3 rings (SSSR count). The number of aromatic hydroxyl groups is 4.